The van der Waals surface area contributed by atoms with Crippen molar-refractivity contribution in [1.29, 1.82) is 0 Å². The molecular weight excluding hydrogens is 280 g/mol. The van der Waals surface area contributed by atoms with Crippen LogP contribution in [0.4, 0.5) is 4.79 Å². The SMILES string of the molecule is CCC(CO)NC(=O)NC(C)c1cccc(-n2ccnc2)c1. The van der Waals surface area contributed by atoms with Crippen LogP contribution in [0.2, 0.25) is 0 Å². The normalized spacial score (nSPS) is 13.4. The van der Waals surface area contributed by atoms with Crippen molar-refractivity contribution >= 4 is 6.03 Å². The lowest BCUT2D eigenvalue weighted by Gasteiger charge is -2.19. The zero-order chi connectivity index (χ0) is 15.9. The van der Waals surface area contributed by atoms with E-state index in [0.29, 0.717) is 6.42 Å². The van der Waals surface area contributed by atoms with Crippen molar-refractivity contribution in [2.75, 3.05) is 6.61 Å². The Labute approximate surface area is 130 Å². The number of nitrogens with one attached hydrogen (secondary N) is 2. The van der Waals surface area contributed by atoms with Gasteiger partial charge in [0.1, 0.15) is 0 Å². The summed E-state index contributed by atoms with van der Waals surface area (Å²) in [5.41, 5.74) is 1.99. The summed E-state index contributed by atoms with van der Waals surface area (Å²) in [6, 6.07) is 7.27. The number of carbonyl (C=O) groups is 1. The Bertz CT molecular complexity index is 594. The van der Waals surface area contributed by atoms with Crippen LogP contribution in [0.5, 0.6) is 0 Å². The minimum absolute atomic E-state index is 0.0611. The lowest BCUT2D eigenvalue weighted by Crippen LogP contribution is -2.44. The third-order valence-electron chi connectivity index (χ3n) is 3.57. The molecule has 2 atom stereocenters. The molecule has 0 saturated carbocycles. The highest BCUT2D eigenvalue weighted by Crippen LogP contribution is 2.16. The minimum atomic E-state index is -0.276. The van der Waals surface area contributed by atoms with E-state index in [9.17, 15) is 4.79 Å². The number of aliphatic hydroxyl groups excluding tert-OH is 1. The van der Waals surface area contributed by atoms with E-state index in [-0.39, 0.29) is 24.7 Å². The Hall–Kier alpha value is -2.34. The summed E-state index contributed by atoms with van der Waals surface area (Å²) in [7, 11) is 0. The minimum Gasteiger partial charge on any atom is -0.394 e. The van der Waals surface area contributed by atoms with E-state index in [1.807, 2.05) is 48.9 Å². The molecule has 2 rings (SSSR count). The highest BCUT2D eigenvalue weighted by molar-refractivity contribution is 5.74. The van der Waals surface area contributed by atoms with Crippen molar-refractivity contribution in [3.8, 4) is 5.69 Å². The molecule has 1 aromatic carbocycles. The maximum Gasteiger partial charge on any atom is 0.315 e. The van der Waals surface area contributed by atoms with Crippen LogP contribution in [0.3, 0.4) is 0 Å². The number of aromatic nitrogens is 2. The molecule has 2 aromatic rings. The number of hydrogen-bond acceptors (Lipinski definition) is 3. The molecular formula is C16H22N4O2. The van der Waals surface area contributed by atoms with E-state index in [2.05, 4.69) is 15.6 Å². The molecule has 6 nitrogen and oxygen atoms in total. The lowest BCUT2D eigenvalue weighted by molar-refractivity contribution is 0.212. The monoisotopic (exact) mass is 302 g/mol. The topological polar surface area (TPSA) is 79.2 Å². The maximum atomic E-state index is 11.9. The van der Waals surface area contributed by atoms with Crippen LogP contribution in [0.25, 0.3) is 5.69 Å². The van der Waals surface area contributed by atoms with Crippen LogP contribution >= 0.6 is 0 Å². The van der Waals surface area contributed by atoms with Gasteiger partial charge in [0.15, 0.2) is 0 Å². The van der Waals surface area contributed by atoms with Crippen molar-refractivity contribution in [3.05, 3.63) is 48.5 Å². The predicted octanol–water partition coefficient (Wildman–Crippen LogP) is 2.00. The Kier molecular flexibility index (Phi) is 5.55. The number of rotatable bonds is 6. The molecule has 3 N–H and O–H groups in total. The Balaban J connectivity index is 2.02. The molecule has 0 radical (unpaired) electrons. The number of hydrogen-bond donors (Lipinski definition) is 3. The van der Waals surface area contributed by atoms with E-state index in [1.54, 1.807) is 12.5 Å². The number of imidazole rings is 1. The van der Waals surface area contributed by atoms with Gasteiger partial charge in [-0.3, -0.25) is 0 Å². The van der Waals surface area contributed by atoms with Crippen LogP contribution in [0.1, 0.15) is 31.9 Å². The van der Waals surface area contributed by atoms with Crippen molar-refractivity contribution in [2.45, 2.75) is 32.4 Å². The predicted molar refractivity (Wildman–Crippen MR) is 84.8 cm³/mol. The molecule has 0 aliphatic heterocycles. The van der Waals surface area contributed by atoms with Gasteiger partial charge >= 0.3 is 6.03 Å². The van der Waals surface area contributed by atoms with Crippen molar-refractivity contribution < 1.29 is 9.90 Å². The second-order valence-corrected chi connectivity index (χ2v) is 5.19. The summed E-state index contributed by atoms with van der Waals surface area (Å²) in [4.78, 5) is 16.0. The van der Waals surface area contributed by atoms with Gasteiger partial charge in [0.25, 0.3) is 0 Å². The molecule has 22 heavy (non-hydrogen) atoms. The Morgan fingerprint density at radius 3 is 2.86 bits per heavy atom. The maximum absolute atomic E-state index is 11.9. The van der Waals surface area contributed by atoms with Crippen LogP contribution < -0.4 is 10.6 Å². The van der Waals surface area contributed by atoms with Gasteiger partial charge in [-0.25, -0.2) is 9.78 Å². The first-order valence-corrected chi connectivity index (χ1v) is 7.40. The number of amides is 2. The number of urea groups is 1. The first-order valence-electron chi connectivity index (χ1n) is 7.40. The zero-order valence-electron chi connectivity index (χ0n) is 12.9. The van der Waals surface area contributed by atoms with E-state index in [0.717, 1.165) is 11.3 Å². The Morgan fingerprint density at radius 1 is 1.41 bits per heavy atom. The smallest absolute Gasteiger partial charge is 0.315 e. The summed E-state index contributed by atoms with van der Waals surface area (Å²) >= 11 is 0. The van der Waals surface area contributed by atoms with Gasteiger partial charge in [0.05, 0.1) is 25.0 Å². The van der Waals surface area contributed by atoms with E-state index < -0.39 is 0 Å². The fraction of sp³-hybridized carbons (Fsp3) is 0.375. The van der Waals surface area contributed by atoms with Gasteiger partial charge in [-0.2, -0.15) is 0 Å². The largest absolute Gasteiger partial charge is 0.394 e. The number of carbonyl (C=O) groups excluding carboxylic acids is 1. The molecule has 0 aliphatic carbocycles. The van der Waals surface area contributed by atoms with E-state index in [1.165, 1.54) is 0 Å². The van der Waals surface area contributed by atoms with Crippen molar-refractivity contribution in [3.63, 3.8) is 0 Å². The number of benzene rings is 1. The van der Waals surface area contributed by atoms with Gasteiger partial charge < -0.3 is 20.3 Å². The quantitative estimate of drug-likeness (QED) is 0.763. The van der Waals surface area contributed by atoms with Gasteiger partial charge in [0, 0.05) is 18.1 Å². The molecule has 2 unspecified atom stereocenters. The summed E-state index contributed by atoms with van der Waals surface area (Å²) in [5, 5.41) is 14.7. The van der Waals surface area contributed by atoms with Crippen LogP contribution in [-0.2, 0) is 0 Å². The van der Waals surface area contributed by atoms with Crippen molar-refractivity contribution in [2.24, 2.45) is 0 Å². The zero-order valence-corrected chi connectivity index (χ0v) is 12.9. The van der Waals surface area contributed by atoms with E-state index in [4.69, 9.17) is 5.11 Å². The first kappa shape index (κ1) is 16.0. The average molecular weight is 302 g/mol. The van der Waals surface area contributed by atoms with E-state index >= 15 is 0 Å². The summed E-state index contributed by atoms with van der Waals surface area (Å²) in [5.74, 6) is 0. The van der Waals surface area contributed by atoms with Crippen LogP contribution in [-0.4, -0.2) is 33.3 Å². The standard InChI is InChI=1S/C16H22N4O2/c1-3-14(10-21)19-16(22)18-12(2)13-5-4-6-15(9-13)20-8-7-17-11-20/h4-9,11-12,14,21H,3,10H2,1-2H3,(H2,18,19,22). The summed E-state index contributed by atoms with van der Waals surface area (Å²) in [6.45, 7) is 3.78. The molecule has 2 amide bonds. The lowest BCUT2D eigenvalue weighted by atomic mass is 10.1. The molecule has 0 fully saturated rings. The molecule has 6 heteroatoms. The molecule has 118 valence electrons. The molecule has 0 saturated heterocycles. The molecule has 1 heterocycles. The van der Waals surface area contributed by atoms with Crippen LogP contribution in [0.15, 0.2) is 43.0 Å². The number of aliphatic hydroxyl groups is 1. The second kappa shape index (κ2) is 7.61. The highest BCUT2D eigenvalue weighted by atomic mass is 16.3. The fourth-order valence-corrected chi connectivity index (χ4v) is 2.15. The number of nitrogens with zero attached hydrogens (tertiary/aromatic N) is 2. The molecule has 0 aliphatic rings. The van der Waals surface area contributed by atoms with Crippen molar-refractivity contribution in [1.82, 2.24) is 20.2 Å². The first-order chi connectivity index (χ1) is 10.6. The van der Waals surface area contributed by atoms with Crippen LogP contribution in [0, 0.1) is 0 Å². The molecule has 0 bridgehead atoms. The van der Waals surface area contributed by atoms with Gasteiger partial charge in [-0.1, -0.05) is 19.1 Å². The van der Waals surface area contributed by atoms with Gasteiger partial charge in [0.2, 0.25) is 0 Å². The second-order valence-electron chi connectivity index (χ2n) is 5.19. The average Bonchev–Trinajstić information content (AvgIpc) is 3.07. The summed E-state index contributed by atoms with van der Waals surface area (Å²) < 4.78 is 1.91. The molecule has 0 spiro atoms. The third-order valence-corrected chi connectivity index (χ3v) is 3.57. The van der Waals surface area contributed by atoms with Gasteiger partial charge in [-0.05, 0) is 31.0 Å². The molecule has 1 aromatic heterocycles. The Morgan fingerprint density at radius 2 is 2.23 bits per heavy atom. The van der Waals surface area contributed by atoms with Gasteiger partial charge in [-0.15, -0.1) is 0 Å². The third kappa shape index (κ3) is 4.08. The summed E-state index contributed by atoms with van der Waals surface area (Å²) in [6.07, 6.45) is 6.02. The highest BCUT2D eigenvalue weighted by Gasteiger charge is 2.13. The fourth-order valence-electron chi connectivity index (χ4n) is 2.15.